The summed E-state index contributed by atoms with van der Waals surface area (Å²) in [5, 5.41) is 6.78. The third-order valence-electron chi connectivity index (χ3n) is 8.84. The third-order valence-corrected chi connectivity index (χ3v) is 8.84. The van der Waals surface area contributed by atoms with Crippen LogP contribution in [0.4, 0.5) is 17.1 Å². The minimum Gasteiger partial charge on any atom is -0.435 e. The van der Waals surface area contributed by atoms with E-state index >= 15 is 0 Å². The Balaban J connectivity index is 1.32. The molecule has 0 aliphatic heterocycles. The van der Waals surface area contributed by atoms with E-state index in [4.69, 9.17) is 9.40 Å². The highest BCUT2D eigenvalue weighted by atomic mass is 16.3. The Morgan fingerprint density at radius 2 is 1.02 bits per heavy atom. The van der Waals surface area contributed by atoms with Crippen molar-refractivity contribution in [1.82, 2.24) is 4.98 Å². The quantitative estimate of drug-likeness (QED) is 0.187. The third kappa shape index (κ3) is 4.33. The molecule has 1 aromatic heterocycles. The van der Waals surface area contributed by atoms with Crippen LogP contribution in [-0.2, 0) is 0 Å². The Hall–Kier alpha value is -6.19. The maximum Gasteiger partial charge on any atom is 0.227 e. The number of hydrogen-bond donors (Lipinski definition) is 0. The first-order valence-corrected chi connectivity index (χ1v) is 15.6. The Kier molecular flexibility index (Phi) is 6.14. The van der Waals surface area contributed by atoms with Crippen molar-refractivity contribution in [3.63, 3.8) is 0 Å². The van der Waals surface area contributed by atoms with Gasteiger partial charge in [0.15, 0.2) is 5.58 Å². The topological polar surface area (TPSA) is 29.3 Å². The Labute approximate surface area is 266 Å². The number of benzene rings is 8. The van der Waals surface area contributed by atoms with Crippen molar-refractivity contribution in [2.24, 2.45) is 0 Å². The van der Waals surface area contributed by atoms with E-state index < -0.39 is 0 Å². The SMILES string of the molecule is c1ccc(-c2cccc(N(c3ccccc3)c3ccc4ccc5c6ccccc6c6oc(-c7ccccc7)nc6c5c4c3)c2)cc1. The number of rotatable bonds is 5. The van der Waals surface area contributed by atoms with Gasteiger partial charge in [-0.2, -0.15) is 0 Å². The summed E-state index contributed by atoms with van der Waals surface area (Å²) in [6, 6.07) is 59.7. The van der Waals surface area contributed by atoms with Crippen molar-refractivity contribution in [3.05, 3.63) is 170 Å². The molecule has 8 aromatic carbocycles. The lowest BCUT2D eigenvalue weighted by atomic mass is 9.95. The van der Waals surface area contributed by atoms with Gasteiger partial charge in [-0.25, -0.2) is 4.98 Å². The second-order valence-electron chi connectivity index (χ2n) is 11.6. The number of nitrogens with zero attached hydrogens (tertiary/aromatic N) is 2. The number of fused-ring (bicyclic) bond motifs is 8. The van der Waals surface area contributed by atoms with Crippen LogP contribution in [0.1, 0.15) is 0 Å². The van der Waals surface area contributed by atoms with Crippen LogP contribution in [0, 0.1) is 0 Å². The van der Waals surface area contributed by atoms with Gasteiger partial charge in [0.2, 0.25) is 5.89 Å². The number of para-hydroxylation sites is 1. The smallest absolute Gasteiger partial charge is 0.227 e. The second kappa shape index (κ2) is 10.8. The monoisotopic (exact) mass is 588 g/mol. The van der Waals surface area contributed by atoms with Gasteiger partial charge < -0.3 is 9.32 Å². The highest BCUT2D eigenvalue weighted by Crippen LogP contribution is 2.43. The largest absolute Gasteiger partial charge is 0.435 e. The van der Waals surface area contributed by atoms with E-state index in [1.165, 1.54) is 11.1 Å². The minimum atomic E-state index is 0.630. The van der Waals surface area contributed by atoms with Crippen molar-refractivity contribution in [2.75, 3.05) is 4.90 Å². The van der Waals surface area contributed by atoms with E-state index in [9.17, 15) is 0 Å². The van der Waals surface area contributed by atoms with Crippen LogP contribution in [-0.4, -0.2) is 4.98 Å². The van der Waals surface area contributed by atoms with E-state index in [1.807, 2.05) is 30.3 Å². The second-order valence-corrected chi connectivity index (χ2v) is 11.6. The molecule has 9 rings (SSSR count). The first-order valence-electron chi connectivity index (χ1n) is 15.6. The summed E-state index contributed by atoms with van der Waals surface area (Å²) in [6.07, 6.45) is 0. The van der Waals surface area contributed by atoms with Gasteiger partial charge in [-0.1, -0.05) is 121 Å². The number of anilines is 3. The molecule has 0 radical (unpaired) electrons. The standard InChI is InChI=1S/C43H28N2O/c1-4-13-29(14-5-1)32-17-12-20-34(27-32)45(33-18-8-3-9-19-33)35-25-23-30-24-26-37-36-21-10-11-22-38(36)42-41(40(37)39(30)28-35)44-43(46-42)31-15-6-2-7-16-31/h1-28H. The summed E-state index contributed by atoms with van der Waals surface area (Å²) >= 11 is 0. The summed E-state index contributed by atoms with van der Waals surface area (Å²) in [7, 11) is 0. The number of hydrogen-bond acceptors (Lipinski definition) is 3. The van der Waals surface area contributed by atoms with Crippen molar-refractivity contribution in [1.29, 1.82) is 0 Å². The van der Waals surface area contributed by atoms with Crippen molar-refractivity contribution in [3.8, 4) is 22.6 Å². The lowest BCUT2D eigenvalue weighted by molar-refractivity contribution is 0.623. The van der Waals surface area contributed by atoms with Crippen LogP contribution in [0.2, 0.25) is 0 Å². The number of oxazole rings is 1. The highest BCUT2D eigenvalue weighted by molar-refractivity contribution is 6.29. The molecule has 0 bridgehead atoms. The van der Waals surface area contributed by atoms with E-state index in [0.29, 0.717) is 5.89 Å². The highest BCUT2D eigenvalue weighted by Gasteiger charge is 2.20. The zero-order chi connectivity index (χ0) is 30.5. The van der Waals surface area contributed by atoms with Crippen LogP contribution in [0.15, 0.2) is 174 Å². The van der Waals surface area contributed by atoms with Crippen molar-refractivity contribution in [2.45, 2.75) is 0 Å². The summed E-state index contributed by atoms with van der Waals surface area (Å²) < 4.78 is 6.57. The zero-order valence-electron chi connectivity index (χ0n) is 25.0. The van der Waals surface area contributed by atoms with E-state index in [-0.39, 0.29) is 0 Å². The molecule has 0 aliphatic rings. The van der Waals surface area contributed by atoms with Crippen LogP contribution >= 0.6 is 0 Å². The molecule has 0 aliphatic carbocycles. The molecule has 0 atom stereocenters. The van der Waals surface area contributed by atoms with Crippen LogP contribution < -0.4 is 4.90 Å². The molecule has 3 nitrogen and oxygen atoms in total. The molecule has 3 heteroatoms. The molecule has 0 fully saturated rings. The average Bonchev–Trinajstić information content (AvgIpc) is 3.59. The fraction of sp³-hybridized carbons (Fsp3) is 0. The van der Waals surface area contributed by atoms with Gasteiger partial charge in [0.05, 0.1) is 0 Å². The molecule has 1 heterocycles. The molecule has 0 unspecified atom stereocenters. The number of aromatic nitrogens is 1. The fourth-order valence-electron chi connectivity index (χ4n) is 6.70. The molecule has 0 spiro atoms. The molecular weight excluding hydrogens is 560 g/mol. The molecule has 46 heavy (non-hydrogen) atoms. The van der Waals surface area contributed by atoms with Crippen molar-refractivity contribution >= 4 is 60.5 Å². The molecule has 0 N–H and O–H groups in total. The van der Waals surface area contributed by atoms with Gasteiger partial charge in [-0.3, -0.25) is 0 Å². The lowest BCUT2D eigenvalue weighted by Crippen LogP contribution is -2.09. The fourth-order valence-corrected chi connectivity index (χ4v) is 6.70. The maximum absolute atomic E-state index is 6.57. The average molecular weight is 589 g/mol. The Bertz CT molecular complexity index is 2520. The first kappa shape index (κ1) is 26.2. The van der Waals surface area contributed by atoms with Gasteiger partial charge in [0, 0.05) is 33.4 Å². The summed E-state index contributed by atoms with van der Waals surface area (Å²) in [6.45, 7) is 0. The van der Waals surface area contributed by atoms with Gasteiger partial charge in [-0.05, 0) is 81.2 Å². The van der Waals surface area contributed by atoms with E-state index in [1.54, 1.807) is 0 Å². The van der Waals surface area contributed by atoms with Crippen LogP contribution in [0.25, 0.3) is 66.0 Å². The van der Waals surface area contributed by atoms with E-state index in [2.05, 4.69) is 144 Å². The van der Waals surface area contributed by atoms with Gasteiger partial charge >= 0.3 is 0 Å². The molecule has 9 aromatic rings. The minimum absolute atomic E-state index is 0.630. The summed E-state index contributed by atoms with van der Waals surface area (Å²) in [5.41, 5.74) is 8.29. The predicted octanol–water partition coefficient (Wildman–Crippen LogP) is 12.1. The van der Waals surface area contributed by atoms with Gasteiger partial charge in [0.25, 0.3) is 0 Å². The van der Waals surface area contributed by atoms with Crippen molar-refractivity contribution < 1.29 is 4.42 Å². The predicted molar refractivity (Wildman–Crippen MR) is 192 cm³/mol. The zero-order valence-corrected chi connectivity index (χ0v) is 25.0. The maximum atomic E-state index is 6.57. The van der Waals surface area contributed by atoms with Crippen LogP contribution in [0.5, 0.6) is 0 Å². The molecule has 216 valence electrons. The molecule has 0 saturated carbocycles. The van der Waals surface area contributed by atoms with Crippen LogP contribution in [0.3, 0.4) is 0 Å². The molecular formula is C43H28N2O. The Morgan fingerprint density at radius 1 is 0.413 bits per heavy atom. The lowest BCUT2D eigenvalue weighted by Gasteiger charge is -2.26. The summed E-state index contributed by atoms with van der Waals surface area (Å²) in [5.74, 6) is 0.630. The molecule has 0 saturated heterocycles. The van der Waals surface area contributed by atoms with Gasteiger partial charge in [-0.15, -0.1) is 0 Å². The normalized spacial score (nSPS) is 11.5. The van der Waals surface area contributed by atoms with E-state index in [0.717, 1.165) is 66.0 Å². The van der Waals surface area contributed by atoms with Gasteiger partial charge in [0.1, 0.15) is 5.52 Å². The summed E-state index contributed by atoms with van der Waals surface area (Å²) in [4.78, 5) is 7.50. The first-order chi connectivity index (χ1) is 22.8. The molecule has 0 amide bonds. The Morgan fingerprint density at radius 3 is 1.80 bits per heavy atom.